The molecule has 0 aliphatic carbocycles. The third kappa shape index (κ3) is 3.99. The summed E-state index contributed by atoms with van der Waals surface area (Å²) in [5, 5.41) is 4.69. The van der Waals surface area contributed by atoms with Crippen molar-refractivity contribution in [2.75, 3.05) is 0 Å². The van der Waals surface area contributed by atoms with Crippen molar-refractivity contribution in [1.29, 1.82) is 0 Å². The number of amides is 1. The van der Waals surface area contributed by atoms with Crippen molar-refractivity contribution in [1.82, 2.24) is 10.3 Å². The van der Waals surface area contributed by atoms with E-state index in [1.54, 1.807) is 18.5 Å². The van der Waals surface area contributed by atoms with Crippen LogP contribution in [0.1, 0.15) is 27.7 Å². The maximum atomic E-state index is 11.8. The molecule has 0 unspecified atom stereocenters. The molecule has 98 valence electrons. The Bertz CT molecular complexity index is 578. The first-order valence-corrected chi connectivity index (χ1v) is 6.77. The molecule has 2 aromatic heterocycles. The van der Waals surface area contributed by atoms with Gasteiger partial charge in [-0.1, -0.05) is 0 Å². The monoisotopic (exact) mass is 274 g/mol. The molecule has 0 aliphatic rings. The Hall–Kier alpha value is -2.01. The topological polar surface area (TPSA) is 59.1 Å². The third-order valence-corrected chi connectivity index (χ3v) is 3.68. The number of hydrogen-bond donors (Lipinski definition) is 1. The number of hydrogen-bond acceptors (Lipinski definition) is 4. The Morgan fingerprint density at radius 3 is 2.63 bits per heavy atom. The number of Topliss-reactive ketones (excluding diaryl/α,β-unsaturated/α-hetero) is 1. The standard InChI is InChI=1S/C14H14N2O2S/c1-10(17)13-6-12(9-19-13)7-14(18)16-8-11-2-4-15-5-3-11/h2-6,9H,7-8H2,1H3,(H,16,18). The van der Waals surface area contributed by atoms with Crippen LogP contribution in [0, 0.1) is 0 Å². The Balaban J connectivity index is 1.85. The minimum atomic E-state index is -0.0512. The Morgan fingerprint density at radius 1 is 1.26 bits per heavy atom. The number of carbonyl (C=O) groups is 2. The van der Waals surface area contributed by atoms with Gasteiger partial charge in [-0.2, -0.15) is 0 Å². The Morgan fingerprint density at radius 2 is 2.00 bits per heavy atom. The predicted octanol–water partition coefficient (Wildman–Crippen LogP) is 2.20. The molecular weight excluding hydrogens is 260 g/mol. The van der Waals surface area contributed by atoms with Crippen LogP contribution in [0.15, 0.2) is 36.0 Å². The lowest BCUT2D eigenvalue weighted by atomic mass is 10.2. The lowest BCUT2D eigenvalue weighted by Gasteiger charge is -2.03. The third-order valence-electron chi connectivity index (χ3n) is 2.60. The SMILES string of the molecule is CC(=O)c1cc(CC(=O)NCc2ccncc2)cs1. The summed E-state index contributed by atoms with van der Waals surface area (Å²) in [4.78, 5) is 27.5. The summed E-state index contributed by atoms with van der Waals surface area (Å²) in [6.45, 7) is 2.02. The molecule has 0 radical (unpaired) electrons. The van der Waals surface area contributed by atoms with Gasteiger partial charge in [0.2, 0.25) is 5.91 Å². The Kier molecular flexibility index (Phi) is 4.41. The predicted molar refractivity (Wildman–Crippen MR) is 74.1 cm³/mol. The van der Waals surface area contributed by atoms with Crippen molar-refractivity contribution < 1.29 is 9.59 Å². The molecule has 4 nitrogen and oxygen atoms in total. The van der Waals surface area contributed by atoms with E-state index in [4.69, 9.17) is 0 Å². The molecule has 2 heterocycles. The van der Waals surface area contributed by atoms with Crippen LogP contribution in [0.3, 0.4) is 0 Å². The fraction of sp³-hybridized carbons (Fsp3) is 0.214. The highest BCUT2D eigenvalue weighted by atomic mass is 32.1. The molecule has 0 aromatic carbocycles. The summed E-state index contributed by atoms with van der Waals surface area (Å²) in [5.41, 5.74) is 1.89. The molecule has 1 amide bonds. The summed E-state index contributed by atoms with van der Waals surface area (Å²) in [6, 6.07) is 5.50. The van der Waals surface area contributed by atoms with E-state index in [-0.39, 0.29) is 11.7 Å². The number of aromatic nitrogens is 1. The number of nitrogens with zero attached hydrogens (tertiary/aromatic N) is 1. The van der Waals surface area contributed by atoms with E-state index in [0.717, 1.165) is 11.1 Å². The van der Waals surface area contributed by atoms with Crippen LogP contribution in [0.2, 0.25) is 0 Å². The number of rotatable bonds is 5. The van der Waals surface area contributed by atoms with Gasteiger partial charge in [-0.3, -0.25) is 14.6 Å². The minimum Gasteiger partial charge on any atom is -0.352 e. The number of pyridine rings is 1. The van der Waals surface area contributed by atoms with Gasteiger partial charge in [0.15, 0.2) is 5.78 Å². The number of ketones is 1. The minimum absolute atomic E-state index is 0.0356. The van der Waals surface area contributed by atoms with Crippen molar-refractivity contribution >= 4 is 23.0 Å². The van der Waals surface area contributed by atoms with Crippen molar-refractivity contribution in [3.63, 3.8) is 0 Å². The first kappa shape index (κ1) is 13.4. The largest absolute Gasteiger partial charge is 0.352 e. The van der Waals surface area contributed by atoms with Crippen LogP contribution in [0.4, 0.5) is 0 Å². The van der Waals surface area contributed by atoms with Crippen LogP contribution < -0.4 is 5.32 Å². The van der Waals surface area contributed by atoms with E-state index >= 15 is 0 Å². The zero-order valence-electron chi connectivity index (χ0n) is 10.6. The summed E-state index contributed by atoms with van der Waals surface area (Å²) >= 11 is 1.38. The van der Waals surface area contributed by atoms with Crippen molar-refractivity contribution in [3.8, 4) is 0 Å². The second-order valence-electron chi connectivity index (χ2n) is 4.18. The lowest BCUT2D eigenvalue weighted by Crippen LogP contribution is -2.24. The smallest absolute Gasteiger partial charge is 0.224 e. The summed E-state index contributed by atoms with van der Waals surface area (Å²) < 4.78 is 0. The van der Waals surface area contributed by atoms with E-state index < -0.39 is 0 Å². The van der Waals surface area contributed by atoms with Crippen molar-refractivity contribution in [3.05, 3.63) is 52.0 Å². The van der Waals surface area contributed by atoms with Gasteiger partial charge in [-0.25, -0.2) is 0 Å². The highest BCUT2D eigenvalue weighted by Crippen LogP contribution is 2.15. The number of nitrogens with one attached hydrogen (secondary N) is 1. The maximum Gasteiger partial charge on any atom is 0.224 e. The molecular formula is C14H14N2O2S. The van der Waals surface area contributed by atoms with Gasteiger partial charge in [0, 0.05) is 18.9 Å². The van der Waals surface area contributed by atoms with Crippen LogP contribution >= 0.6 is 11.3 Å². The lowest BCUT2D eigenvalue weighted by molar-refractivity contribution is -0.120. The number of thiophene rings is 1. The maximum absolute atomic E-state index is 11.8. The fourth-order valence-corrected chi connectivity index (χ4v) is 2.42. The quantitative estimate of drug-likeness (QED) is 0.850. The second-order valence-corrected chi connectivity index (χ2v) is 5.10. The molecule has 0 fully saturated rings. The van der Waals surface area contributed by atoms with Gasteiger partial charge in [-0.05, 0) is 41.6 Å². The summed E-state index contributed by atoms with van der Waals surface area (Å²) in [5.74, 6) is -0.0156. The van der Waals surface area contributed by atoms with Crippen LogP contribution in [0.25, 0.3) is 0 Å². The molecule has 0 bridgehead atoms. The molecule has 5 heteroatoms. The molecule has 0 atom stereocenters. The fourth-order valence-electron chi connectivity index (χ4n) is 1.60. The van der Waals surface area contributed by atoms with E-state index in [0.29, 0.717) is 17.8 Å². The van der Waals surface area contributed by atoms with Gasteiger partial charge in [0.05, 0.1) is 11.3 Å². The van der Waals surface area contributed by atoms with Crippen LogP contribution in [0.5, 0.6) is 0 Å². The highest BCUT2D eigenvalue weighted by Gasteiger charge is 2.08. The van der Waals surface area contributed by atoms with Gasteiger partial charge in [0.25, 0.3) is 0 Å². The molecule has 0 aliphatic heterocycles. The van der Waals surface area contributed by atoms with Gasteiger partial charge in [0.1, 0.15) is 0 Å². The molecule has 0 saturated carbocycles. The molecule has 2 rings (SSSR count). The molecule has 19 heavy (non-hydrogen) atoms. The first-order valence-electron chi connectivity index (χ1n) is 5.89. The van der Waals surface area contributed by atoms with Gasteiger partial charge >= 0.3 is 0 Å². The molecule has 2 aromatic rings. The number of carbonyl (C=O) groups excluding carboxylic acids is 2. The summed E-state index contributed by atoms with van der Waals surface area (Å²) in [6.07, 6.45) is 3.69. The average molecular weight is 274 g/mol. The zero-order chi connectivity index (χ0) is 13.7. The van der Waals surface area contributed by atoms with E-state index in [2.05, 4.69) is 10.3 Å². The molecule has 0 saturated heterocycles. The second kappa shape index (κ2) is 6.24. The highest BCUT2D eigenvalue weighted by molar-refractivity contribution is 7.12. The Labute approximate surface area is 115 Å². The normalized spacial score (nSPS) is 10.2. The van der Waals surface area contributed by atoms with Crippen molar-refractivity contribution in [2.24, 2.45) is 0 Å². The van der Waals surface area contributed by atoms with E-state index in [9.17, 15) is 9.59 Å². The van der Waals surface area contributed by atoms with Gasteiger partial charge < -0.3 is 5.32 Å². The summed E-state index contributed by atoms with van der Waals surface area (Å²) in [7, 11) is 0. The average Bonchev–Trinajstić information content (AvgIpc) is 2.86. The zero-order valence-corrected chi connectivity index (χ0v) is 11.4. The molecule has 0 spiro atoms. The van der Waals surface area contributed by atoms with E-state index in [1.807, 2.05) is 17.5 Å². The molecule has 1 N–H and O–H groups in total. The van der Waals surface area contributed by atoms with Crippen LogP contribution in [-0.4, -0.2) is 16.7 Å². The van der Waals surface area contributed by atoms with Crippen LogP contribution in [-0.2, 0) is 17.8 Å². The van der Waals surface area contributed by atoms with Crippen molar-refractivity contribution in [2.45, 2.75) is 19.9 Å². The van der Waals surface area contributed by atoms with Gasteiger partial charge in [-0.15, -0.1) is 11.3 Å². The van der Waals surface area contributed by atoms with E-state index in [1.165, 1.54) is 18.3 Å². The first-order chi connectivity index (χ1) is 9.15.